The first-order chi connectivity index (χ1) is 9.22. The summed E-state index contributed by atoms with van der Waals surface area (Å²) in [5.74, 6) is 0.509. The van der Waals surface area contributed by atoms with Crippen LogP contribution < -0.4 is 0 Å². The fourth-order valence-electron chi connectivity index (χ4n) is 3.95. The molecule has 0 radical (unpaired) electrons. The molecule has 0 spiro atoms. The Hall–Kier alpha value is -0.860. The minimum Gasteiger partial charge on any atom is -0.300 e. The van der Waals surface area contributed by atoms with Gasteiger partial charge in [-0.3, -0.25) is 9.69 Å². The first kappa shape index (κ1) is 13.1. The van der Waals surface area contributed by atoms with E-state index >= 15 is 0 Å². The number of fused-ring (bicyclic) bond motifs is 3. The second kappa shape index (κ2) is 5.26. The molecule has 1 aromatic rings. The summed E-state index contributed by atoms with van der Waals surface area (Å²) in [5, 5.41) is -0.300. The number of hydrogen-bond acceptors (Lipinski definition) is 2. The molecule has 1 saturated heterocycles. The molecule has 19 heavy (non-hydrogen) atoms. The van der Waals surface area contributed by atoms with E-state index in [0.717, 1.165) is 18.5 Å². The molecule has 0 aromatic heterocycles. The molecule has 0 bridgehead atoms. The third-order valence-electron chi connectivity index (χ3n) is 4.66. The number of aryl methyl sites for hydroxylation is 1. The van der Waals surface area contributed by atoms with E-state index in [9.17, 15) is 4.79 Å². The Morgan fingerprint density at radius 1 is 1.42 bits per heavy atom. The summed E-state index contributed by atoms with van der Waals surface area (Å²) in [4.78, 5) is 14.3. The van der Waals surface area contributed by atoms with Crippen LogP contribution in [-0.4, -0.2) is 29.3 Å². The van der Waals surface area contributed by atoms with E-state index in [2.05, 4.69) is 17.9 Å². The fourth-order valence-corrected chi connectivity index (χ4v) is 4.11. The predicted molar refractivity (Wildman–Crippen MR) is 78.0 cm³/mol. The topological polar surface area (TPSA) is 20.3 Å². The minimum atomic E-state index is -0.300. The highest BCUT2D eigenvalue weighted by Gasteiger charge is 2.39. The van der Waals surface area contributed by atoms with Crippen molar-refractivity contribution in [2.45, 2.75) is 44.6 Å². The first-order valence-corrected chi connectivity index (χ1v) is 7.65. The van der Waals surface area contributed by atoms with E-state index in [0.29, 0.717) is 12.0 Å². The van der Waals surface area contributed by atoms with Gasteiger partial charge in [-0.1, -0.05) is 19.1 Å². The number of carbonyl (C=O) groups is 1. The van der Waals surface area contributed by atoms with Crippen molar-refractivity contribution in [2.24, 2.45) is 0 Å². The molecule has 2 nitrogen and oxygen atoms in total. The molecule has 0 saturated carbocycles. The molecule has 102 valence electrons. The summed E-state index contributed by atoms with van der Waals surface area (Å²) < 4.78 is 0. The van der Waals surface area contributed by atoms with E-state index in [1.807, 2.05) is 12.1 Å². The van der Waals surface area contributed by atoms with Gasteiger partial charge in [0.15, 0.2) is 0 Å². The van der Waals surface area contributed by atoms with E-state index in [-0.39, 0.29) is 5.24 Å². The quantitative estimate of drug-likeness (QED) is 0.787. The van der Waals surface area contributed by atoms with Crippen molar-refractivity contribution < 1.29 is 4.79 Å². The Labute approximate surface area is 119 Å². The van der Waals surface area contributed by atoms with Gasteiger partial charge in [-0.15, -0.1) is 0 Å². The molecule has 3 heteroatoms. The summed E-state index contributed by atoms with van der Waals surface area (Å²) in [6.07, 6.45) is 4.66. The van der Waals surface area contributed by atoms with Gasteiger partial charge in [0.2, 0.25) is 0 Å². The Kier molecular flexibility index (Phi) is 3.64. The Bertz CT molecular complexity index is 500. The molecular weight excluding hydrogens is 258 g/mol. The lowest BCUT2D eigenvalue weighted by molar-refractivity contribution is 0.107. The summed E-state index contributed by atoms with van der Waals surface area (Å²) in [7, 11) is 0. The van der Waals surface area contributed by atoms with Crippen LogP contribution in [0.25, 0.3) is 0 Å². The van der Waals surface area contributed by atoms with Crippen LogP contribution in [0.1, 0.15) is 53.6 Å². The molecule has 1 aliphatic heterocycles. The molecule has 0 unspecified atom stereocenters. The molecular formula is C16H20ClNO. The van der Waals surface area contributed by atoms with Gasteiger partial charge >= 0.3 is 0 Å². The van der Waals surface area contributed by atoms with E-state index in [1.54, 1.807) is 0 Å². The molecule has 2 atom stereocenters. The molecule has 1 aliphatic carbocycles. The lowest BCUT2D eigenvalue weighted by Crippen LogP contribution is -2.36. The molecule has 2 aliphatic rings. The summed E-state index contributed by atoms with van der Waals surface area (Å²) in [5.41, 5.74) is 3.33. The lowest BCUT2D eigenvalue weighted by atomic mass is 9.77. The summed E-state index contributed by atoms with van der Waals surface area (Å²) in [6, 6.07) is 6.63. The van der Waals surface area contributed by atoms with Crippen LogP contribution in [0.2, 0.25) is 0 Å². The van der Waals surface area contributed by atoms with Crippen molar-refractivity contribution >= 4 is 16.8 Å². The Morgan fingerprint density at radius 3 is 3.00 bits per heavy atom. The molecule has 3 rings (SSSR count). The van der Waals surface area contributed by atoms with E-state index in [4.69, 9.17) is 11.6 Å². The average molecular weight is 278 g/mol. The van der Waals surface area contributed by atoms with Crippen molar-refractivity contribution in [1.29, 1.82) is 0 Å². The van der Waals surface area contributed by atoms with Gasteiger partial charge in [-0.2, -0.15) is 0 Å². The highest BCUT2D eigenvalue weighted by atomic mass is 35.5. The number of rotatable bonds is 3. The third kappa shape index (κ3) is 2.21. The van der Waals surface area contributed by atoms with Crippen LogP contribution in [-0.2, 0) is 6.42 Å². The van der Waals surface area contributed by atoms with Crippen LogP contribution in [0.15, 0.2) is 18.2 Å². The van der Waals surface area contributed by atoms with Crippen LogP contribution in [0.5, 0.6) is 0 Å². The number of carbonyl (C=O) groups excluding carboxylic acids is 1. The molecule has 1 aromatic carbocycles. The number of benzene rings is 1. The number of likely N-dealkylation sites (tertiary alicyclic amines) is 1. The zero-order valence-corrected chi connectivity index (χ0v) is 12.1. The summed E-state index contributed by atoms with van der Waals surface area (Å²) >= 11 is 5.78. The van der Waals surface area contributed by atoms with Crippen molar-refractivity contribution in [3.63, 3.8) is 0 Å². The van der Waals surface area contributed by atoms with Crippen LogP contribution in [0.4, 0.5) is 0 Å². The maximum Gasteiger partial charge on any atom is 0.252 e. The van der Waals surface area contributed by atoms with Crippen molar-refractivity contribution in [3.8, 4) is 0 Å². The van der Waals surface area contributed by atoms with Crippen molar-refractivity contribution in [2.75, 3.05) is 13.1 Å². The molecule has 0 N–H and O–H groups in total. The van der Waals surface area contributed by atoms with Crippen LogP contribution in [0.3, 0.4) is 0 Å². The maximum absolute atomic E-state index is 11.7. The highest BCUT2D eigenvalue weighted by molar-refractivity contribution is 6.68. The normalized spacial score (nSPS) is 26.0. The highest BCUT2D eigenvalue weighted by Crippen LogP contribution is 2.43. The van der Waals surface area contributed by atoms with Gasteiger partial charge in [-0.25, -0.2) is 0 Å². The average Bonchev–Trinajstić information content (AvgIpc) is 2.82. The zero-order valence-electron chi connectivity index (χ0n) is 11.4. The van der Waals surface area contributed by atoms with Gasteiger partial charge < -0.3 is 0 Å². The van der Waals surface area contributed by atoms with Gasteiger partial charge in [0.05, 0.1) is 0 Å². The Balaban J connectivity index is 1.99. The minimum absolute atomic E-state index is 0.300. The monoisotopic (exact) mass is 277 g/mol. The van der Waals surface area contributed by atoms with Crippen molar-refractivity contribution in [3.05, 3.63) is 34.9 Å². The lowest BCUT2D eigenvalue weighted by Gasteiger charge is -2.34. The predicted octanol–water partition coefficient (Wildman–Crippen LogP) is 3.58. The van der Waals surface area contributed by atoms with Crippen LogP contribution >= 0.6 is 11.6 Å². The molecule has 1 fully saturated rings. The third-order valence-corrected chi connectivity index (χ3v) is 4.86. The fraction of sp³-hybridized carbons (Fsp3) is 0.562. The second-order valence-corrected chi connectivity index (χ2v) is 6.03. The van der Waals surface area contributed by atoms with E-state index < -0.39 is 0 Å². The largest absolute Gasteiger partial charge is 0.300 e. The van der Waals surface area contributed by atoms with Crippen LogP contribution in [0, 0.1) is 0 Å². The van der Waals surface area contributed by atoms with Crippen molar-refractivity contribution in [1.82, 2.24) is 4.90 Å². The van der Waals surface area contributed by atoms with Gasteiger partial charge in [0.25, 0.3) is 5.24 Å². The number of halogens is 1. The molecule has 1 heterocycles. The Morgan fingerprint density at radius 2 is 2.26 bits per heavy atom. The van der Waals surface area contributed by atoms with Gasteiger partial charge in [0, 0.05) is 17.5 Å². The van der Waals surface area contributed by atoms with Gasteiger partial charge in [0.1, 0.15) is 0 Å². The summed E-state index contributed by atoms with van der Waals surface area (Å²) in [6.45, 7) is 4.57. The number of hydrogen-bond donors (Lipinski definition) is 0. The SMILES string of the molecule is CCCN1CC[C@H]2c3c(cccc3C(=O)Cl)CC[C@H]21. The van der Waals surface area contributed by atoms with E-state index in [1.165, 1.54) is 36.9 Å². The zero-order chi connectivity index (χ0) is 13.4. The second-order valence-electron chi connectivity index (χ2n) is 5.69. The van der Waals surface area contributed by atoms with Gasteiger partial charge in [-0.05, 0) is 67.6 Å². The standard InChI is InChI=1S/C16H20ClNO/c1-2-9-18-10-8-12-14(18)7-6-11-4-3-5-13(15(11)12)16(17)19/h3-5,12,14H,2,6-10H2,1H3/t12-,14-/m1/s1. The smallest absolute Gasteiger partial charge is 0.252 e. The number of nitrogens with zero attached hydrogens (tertiary/aromatic N) is 1. The maximum atomic E-state index is 11.7. The molecule has 0 amide bonds. The first-order valence-electron chi connectivity index (χ1n) is 7.28.